The van der Waals surface area contributed by atoms with Gasteiger partial charge in [-0.2, -0.15) is 0 Å². The van der Waals surface area contributed by atoms with Crippen molar-refractivity contribution >= 4 is 41.6 Å². The smallest absolute Gasteiger partial charge is 0.321 e. The Hall–Kier alpha value is -1.76. The van der Waals surface area contributed by atoms with Gasteiger partial charge in [-0.15, -0.1) is 12.4 Å². The van der Waals surface area contributed by atoms with E-state index >= 15 is 0 Å². The minimum atomic E-state index is -0.226. The maximum Gasteiger partial charge on any atom is 0.321 e. The van der Waals surface area contributed by atoms with Gasteiger partial charge in [0, 0.05) is 31.9 Å². The Balaban J connectivity index is 0.00000208. The van der Waals surface area contributed by atoms with Crippen LogP contribution in [0.25, 0.3) is 0 Å². The SMILES string of the molecule is Cl.O=C(NCC1=CCNCC1)c1cc(N2CCNC2=O)ccc1Cl. The molecule has 24 heavy (non-hydrogen) atoms. The molecule has 0 atom stereocenters. The molecular weight excluding hydrogens is 351 g/mol. The highest BCUT2D eigenvalue weighted by atomic mass is 35.5. The number of amides is 3. The number of benzene rings is 1. The maximum atomic E-state index is 12.4. The summed E-state index contributed by atoms with van der Waals surface area (Å²) in [6, 6.07) is 4.92. The van der Waals surface area contributed by atoms with Crippen LogP contribution in [0.1, 0.15) is 16.8 Å². The molecule has 3 rings (SSSR count). The van der Waals surface area contributed by atoms with E-state index in [2.05, 4.69) is 22.0 Å². The summed E-state index contributed by atoms with van der Waals surface area (Å²) in [5, 5.41) is 9.25. The van der Waals surface area contributed by atoms with Crippen LogP contribution >= 0.6 is 24.0 Å². The predicted molar refractivity (Wildman–Crippen MR) is 97.3 cm³/mol. The summed E-state index contributed by atoms with van der Waals surface area (Å²) in [6.07, 6.45) is 3.03. The maximum absolute atomic E-state index is 12.4. The number of halogens is 2. The molecule has 8 heteroatoms. The first kappa shape index (κ1) is 18.6. The quantitative estimate of drug-likeness (QED) is 0.709. The van der Waals surface area contributed by atoms with Gasteiger partial charge in [-0.25, -0.2) is 4.79 Å². The molecule has 2 heterocycles. The summed E-state index contributed by atoms with van der Waals surface area (Å²) in [5.74, 6) is -0.226. The van der Waals surface area contributed by atoms with E-state index in [1.807, 2.05) is 0 Å². The van der Waals surface area contributed by atoms with Gasteiger partial charge >= 0.3 is 6.03 Å². The molecular formula is C16H20Cl2N4O2. The van der Waals surface area contributed by atoms with Crippen molar-refractivity contribution in [3.8, 4) is 0 Å². The van der Waals surface area contributed by atoms with Gasteiger partial charge in [0.15, 0.2) is 0 Å². The van der Waals surface area contributed by atoms with Gasteiger partial charge in [-0.3, -0.25) is 9.69 Å². The monoisotopic (exact) mass is 370 g/mol. The lowest BCUT2D eigenvalue weighted by atomic mass is 10.1. The topological polar surface area (TPSA) is 73.5 Å². The molecule has 0 aliphatic carbocycles. The Morgan fingerprint density at radius 1 is 1.33 bits per heavy atom. The molecule has 0 aromatic heterocycles. The predicted octanol–water partition coefficient (Wildman–Crippen LogP) is 1.94. The van der Waals surface area contributed by atoms with Crippen molar-refractivity contribution in [3.05, 3.63) is 40.4 Å². The van der Waals surface area contributed by atoms with Gasteiger partial charge in [-0.1, -0.05) is 23.3 Å². The van der Waals surface area contributed by atoms with Crippen LogP contribution in [0.5, 0.6) is 0 Å². The van der Waals surface area contributed by atoms with Gasteiger partial charge in [-0.05, 0) is 31.2 Å². The molecule has 0 radical (unpaired) electrons. The van der Waals surface area contributed by atoms with Crippen molar-refractivity contribution in [1.82, 2.24) is 16.0 Å². The summed E-state index contributed by atoms with van der Waals surface area (Å²) in [6.45, 7) is 3.48. The number of anilines is 1. The minimum absolute atomic E-state index is 0. The molecule has 2 aliphatic rings. The van der Waals surface area contributed by atoms with Crippen LogP contribution in [0.2, 0.25) is 5.02 Å². The van der Waals surface area contributed by atoms with Crippen molar-refractivity contribution < 1.29 is 9.59 Å². The van der Waals surface area contributed by atoms with Gasteiger partial charge in [0.05, 0.1) is 10.6 Å². The average molecular weight is 371 g/mol. The highest BCUT2D eigenvalue weighted by Gasteiger charge is 2.22. The van der Waals surface area contributed by atoms with E-state index in [-0.39, 0.29) is 24.3 Å². The van der Waals surface area contributed by atoms with E-state index in [1.54, 1.807) is 23.1 Å². The summed E-state index contributed by atoms with van der Waals surface area (Å²) < 4.78 is 0. The third-order valence-corrected chi connectivity index (χ3v) is 4.33. The number of carbonyl (C=O) groups excluding carboxylic acids is 2. The number of nitrogens with one attached hydrogen (secondary N) is 3. The van der Waals surface area contributed by atoms with Gasteiger partial charge in [0.2, 0.25) is 0 Å². The van der Waals surface area contributed by atoms with Crippen molar-refractivity contribution in [1.29, 1.82) is 0 Å². The van der Waals surface area contributed by atoms with Crippen LogP contribution in [0.4, 0.5) is 10.5 Å². The highest BCUT2D eigenvalue weighted by molar-refractivity contribution is 6.34. The third kappa shape index (κ3) is 4.20. The molecule has 3 N–H and O–H groups in total. The van der Waals surface area contributed by atoms with Crippen LogP contribution in [0, 0.1) is 0 Å². The van der Waals surface area contributed by atoms with Crippen molar-refractivity contribution in [2.24, 2.45) is 0 Å². The first-order valence-corrected chi connectivity index (χ1v) is 8.04. The van der Waals surface area contributed by atoms with Crippen LogP contribution in [0.15, 0.2) is 29.8 Å². The van der Waals surface area contributed by atoms with Crippen LogP contribution in [0.3, 0.4) is 0 Å². The fraction of sp³-hybridized carbons (Fsp3) is 0.375. The molecule has 130 valence electrons. The Labute approximate surface area is 152 Å². The Morgan fingerprint density at radius 2 is 2.17 bits per heavy atom. The van der Waals surface area contributed by atoms with Crippen molar-refractivity contribution in [3.63, 3.8) is 0 Å². The molecule has 0 bridgehead atoms. The van der Waals surface area contributed by atoms with E-state index in [0.717, 1.165) is 19.5 Å². The lowest BCUT2D eigenvalue weighted by Crippen LogP contribution is -2.30. The van der Waals surface area contributed by atoms with E-state index in [0.29, 0.717) is 35.9 Å². The minimum Gasteiger partial charge on any atom is -0.348 e. The Bertz CT molecular complexity index is 663. The second-order valence-electron chi connectivity index (χ2n) is 5.55. The lowest BCUT2D eigenvalue weighted by molar-refractivity contribution is 0.0956. The fourth-order valence-corrected chi connectivity index (χ4v) is 2.90. The molecule has 6 nitrogen and oxygen atoms in total. The fourth-order valence-electron chi connectivity index (χ4n) is 2.69. The van der Waals surface area contributed by atoms with Crippen LogP contribution in [-0.2, 0) is 0 Å². The average Bonchev–Trinajstić information content (AvgIpc) is 3.00. The second-order valence-corrected chi connectivity index (χ2v) is 5.95. The second kappa shape index (κ2) is 8.37. The van der Waals surface area contributed by atoms with Crippen LogP contribution in [-0.4, -0.2) is 44.7 Å². The largest absolute Gasteiger partial charge is 0.348 e. The molecule has 1 aromatic rings. The zero-order valence-corrected chi connectivity index (χ0v) is 14.7. The highest BCUT2D eigenvalue weighted by Crippen LogP contribution is 2.24. The molecule has 2 aliphatic heterocycles. The molecule has 0 unspecified atom stereocenters. The summed E-state index contributed by atoms with van der Waals surface area (Å²) in [7, 11) is 0. The number of nitrogens with zero attached hydrogens (tertiary/aromatic N) is 1. The number of rotatable bonds is 4. The lowest BCUT2D eigenvalue weighted by Gasteiger charge is -2.17. The number of hydrogen-bond acceptors (Lipinski definition) is 3. The standard InChI is InChI=1S/C16H19ClN4O2.ClH/c17-14-2-1-12(21-8-7-19-16(21)23)9-13(14)15(22)20-10-11-3-5-18-6-4-11;/h1-3,9,18H,4-8,10H2,(H,19,23)(H,20,22);1H. The summed E-state index contributed by atoms with van der Waals surface area (Å²) in [5.41, 5.74) is 2.28. The summed E-state index contributed by atoms with van der Waals surface area (Å²) >= 11 is 6.15. The molecule has 1 aromatic carbocycles. The van der Waals surface area contributed by atoms with E-state index in [4.69, 9.17) is 11.6 Å². The van der Waals surface area contributed by atoms with Gasteiger partial charge in [0.1, 0.15) is 0 Å². The molecule has 0 spiro atoms. The number of urea groups is 1. The summed E-state index contributed by atoms with van der Waals surface area (Å²) in [4.78, 5) is 25.7. The molecule has 1 fully saturated rings. The van der Waals surface area contributed by atoms with Crippen LogP contribution < -0.4 is 20.9 Å². The van der Waals surface area contributed by atoms with Crippen molar-refractivity contribution in [2.75, 3.05) is 37.6 Å². The number of carbonyl (C=O) groups is 2. The van der Waals surface area contributed by atoms with Gasteiger partial charge in [0.25, 0.3) is 5.91 Å². The molecule has 1 saturated heterocycles. The molecule has 3 amide bonds. The number of hydrogen-bond donors (Lipinski definition) is 3. The Kier molecular flexibility index (Phi) is 6.48. The van der Waals surface area contributed by atoms with Crippen molar-refractivity contribution in [2.45, 2.75) is 6.42 Å². The zero-order chi connectivity index (χ0) is 16.2. The normalized spacial score (nSPS) is 17.0. The first-order chi connectivity index (χ1) is 11.1. The first-order valence-electron chi connectivity index (χ1n) is 7.67. The third-order valence-electron chi connectivity index (χ3n) is 4.00. The van der Waals surface area contributed by atoms with E-state index < -0.39 is 0 Å². The van der Waals surface area contributed by atoms with E-state index in [9.17, 15) is 9.59 Å². The Morgan fingerprint density at radius 3 is 2.83 bits per heavy atom. The molecule has 0 saturated carbocycles. The van der Waals surface area contributed by atoms with Gasteiger partial charge < -0.3 is 16.0 Å². The van der Waals surface area contributed by atoms with E-state index in [1.165, 1.54) is 5.57 Å². The zero-order valence-electron chi connectivity index (χ0n) is 13.1.